The lowest BCUT2D eigenvalue weighted by Crippen LogP contribution is -2.57. The number of hydrogen-bond acceptors (Lipinski definition) is 2. The Morgan fingerprint density at radius 1 is 1.22 bits per heavy atom. The minimum atomic E-state index is -1.78. The SMILES string of the molecule is Cc1ccc(NC(=S)NC(NC(=O)N(C)C)C(Cl)(Cl)Cl)c(C)c1. The second kappa shape index (κ2) is 8.24. The summed E-state index contributed by atoms with van der Waals surface area (Å²) in [5.74, 6) is 0. The summed E-state index contributed by atoms with van der Waals surface area (Å²) in [6.45, 7) is 3.96. The fourth-order valence-corrected chi connectivity index (χ4v) is 2.25. The Labute approximate surface area is 156 Å². The van der Waals surface area contributed by atoms with Crippen molar-refractivity contribution in [1.29, 1.82) is 0 Å². The van der Waals surface area contributed by atoms with Crippen LogP contribution >= 0.6 is 47.0 Å². The number of rotatable bonds is 3. The Morgan fingerprint density at radius 3 is 2.30 bits per heavy atom. The normalized spacial score (nSPS) is 12.3. The molecule has 1 rings (SSSR count). The number of carbonyl (C=O) groups is 1. The van der Waals surface area contributed by atoms with Crippen LogP contribution in [0.15, 0.2) is 18.2 Å². The first-order valence-corrected chi connectivity index (χ1v) is 8.24. The summed E-state index contributed by atoms with van der Waals surface area (Å²) in [4.78, 5) is 13.1. The van der Waals surface area contributed by atoms with Crippen molar-refractivity contribution in [3.05, 3.63) is 29.3 Å². The Hall–Kier alpha value is -0.950. The van der Waals surface area contributed by atoms with Gasteiger partial charge in [-0.25, -0.2) is 4.79 Å². The monoisotopic (exact) mass is 396 g/mol. The van der Waals surface area contributed by atoms with E-state index in [4.69, 9.17) is 47.0 Å². The van der Waals surface area contributed by atoms with E-state index in [0.717, 1.165) is 16.8 Å². The van der Waals surface area contributed by atoms with Crippen LogP contribution in [0, 0.1) is 13.8 Å². The smallest absolute Gasteiger partial charge is 0.318 e. The molecule has 9 heteroatoms. The number of urea groups is 1. The lowest BCUT2D eigenvalue weighted by molar-refractivity contribution is 0.212. The largest absolute Gasteiger partial charge is 0.339 e. The molecule has 0 saturated heterocycles. The van der Waals surface area contributed by atoms with Gasteiger partial charge < -0.3 is 20.9 Å². The number of aryl methyl sites for hydroxylation is 2. The predicted octanol–water partition coefficient (Wildman–Crippen LogP) is 3.56. The maximum absolute atomic E-state index is 11.8. The van der Waals surface area contributed by atoms with Crippen LogP contribution in [0.4, 0.5) is 10.5 Å². The first-order chi connectivity index (χ1) is 10.5. The third-order valence-corrected chi connectivity index (χ3v) is 3.78. The fraction of sp³-hybridized carbons (Fsp3) is 0.429. The van der Waals surface area contributed by atoms with E-state index < -0.39 is 16.0 Å². The second-order valence-corrected chi connectivity index (χ2v) is 8.01. The van der Waals surface area contributed by atoms with Gasteiger partial charge in [-0.05, 0) is 37.7 Å². The number of alkyl halides is 3. The van der Waals surface area contributed by atoms with Crippen molar-refractivity contribution in [2.45, 2.75) is 23.8 Å². The first kappa shape index (κ1) is 20.1. The number of benzene rings is 1. The van der Waals surface area contributed by atoms with Crippen molar-refractivity contribution in [3.63, 3.8) is 0 Å². The molecule has 0 heterocycles. The molecule has 3 N–H and O–H groups in total. The van der Waals surface area contributed by atoms with Gasteiger partial charge in [-0.1, -0.05) is 52.5 Å². The van der Waals surface area contributed by atoms with Crippen molar-refractivity contribution in [1.82, 2.24) is 15.5 Å². The molecular formula is C14H19Cl3N4OS. The quantitative estimate of drug-likeness (QED) is 0.415. The zero-order valence-corrected chi connectivity index (χ0v) is 16.3. The molecule has 0 fully saturated rings. The highest BCUT2D eigenvalue weighted by molar-refractivity contribution is 7.80. The molecular weight excluding hydrogens is 379 g/mol. The zero-order chi connectivity index (χ0) is 17.8. The van der Waals surface area contributed by atoms with Crippen molar-refractivity contribution < 1.29 is 4.79 Å². The van der Waals surface area contributed by atoms with E-state index >= 15 is 0 Å². The average Bonchev–Trinajstić information content (AvgIpc) is 2.40. The van der Waals surface area contributed by atoms with Gasteiger partial charge in [-0.3, -0.25) is 0 Å². The van der Waals surface area contributed by atoms with Gasteiger partial charge in [0.25, 0.3) is 0 Å². The van der Waals surface area contributed by atoms with E-state index in [1.807, 2.05) is 32.0 Å². The van der Waals surface area contributed by atoms with E-state index in [-0.39, 0.29) is 5.11 Å². The van der Waals surface area contributed by atoms with Crippen molar-refractivity contribution in [2.75, 3.05) is 19.4 Å². The number of halogens is 3. The summed E-state index contributed by atoms with van der Waals surface area (Å²) in [6, 6.07) is 5.47. The molecule has 0 bridgehead atoms. The van der Waals surface area contributed by atoms with Crippen LogP contribution < -0.4 is 16.0 Å². The van der Waals surface area contributed by atoms with Crippen LogP contribution in [0.25, 0.3) is 0 Å². The molecule has 0 aliphatic heterocycles. The highest BCUT2D eigenvalue weighted by atomic mass is 35.6. The van der Waals surface area contributed by atoms with Gasteiger partial charge in [0, 0.05) is 19.8 Å². The molecule has 0 aromatic heterocycles. The van der Waals surface area contributed by atoms with Gasteiger partial charge in [-0.2, -0.15) is 0 Å². The van der Waals surface area contributed by atoms with Gasteiger partial charge >= 0.3 is 6.03 Å². The highest BCUT2D eigenvalue weighted by Gasteiger charge is 2.35. The van der Waals surface area contributed by atoms with Gasteiger partial charge in [0.2, 0.25) is 3.79 Å². The summed E-state index contributed by atoms with van der Waals surface area (Å²) in [7, 11) is 3.16. The molecule has 1 unspecified atom stereocenters. The number of carbonyl (C=O) groups excluding carboxylic acids is 1. The summed E-state index contributed by atoms with van der Waals surface area (Å²) in [5, 5.41) is 8.60. The topological polar surface area (TPSA) is 56.4 Å². The Balaban J connectivity index is 2.79. The van der Waals surface area contributed by atoms with Crippen molar-refractivity contribution in [2.24, 2.45) is 0 Å². The van der Waals surface area contributed by atoms with Crippen LogP contribution in [0.3, 0.4) is 0 Å². The number of thiocarbonyl (C=S) groups is 1. The standard InChI is InChI=1S/C14H19Cl3N4OS/c1-8-5-6-10(9(2)7-8)18-12(23)19-11(14(15,16)17)20-13(22)21(3)4/h5-7,11H,1-4H3,(H,20,22)(H2,18,19,23). The molecule has 1 atom stereocenters. The molecule has 1 aromatic rings. The summed E-state index contributed by atoms with van der Waals surface area (Å²) in [6.07, 6.45) is -0.992. The average molecular weight is 398 g/mol. The molecule has 128 valence electrons. The van der Waals surface area contributed by atoms with Gasteiger partial charge in [0.05, 0.1) is 0 Å². The lowest BCUT2D eigenvalue weighted by atomic mass is 10.1. The molecule has 0 aliphatic rings. The predicted molar refractivity (Wildman–Crippen MR) is 102 cm³/mol. The maximum Gasteiger partial charge on any atom is 0.318 e. The fourth-order valence-electron chi connectivity index (χ4n) is 1.70. The molecule has 0 saturated carbocycles. The van der Waals surface area contributed by atoms with Crippen LogP contribution in [-0.2, 0) is 0 Å². The van der Waals surface area contributed by atoms with E-state index in [9.17, 15) is 4.79 Å². The molecule has 1 aromatic carbocycles. The Kier molecular flexibility index (Phi) is 7.20. The van der Waals surface area contributed by atoms with Crippen LogP contribution in [0.5, 0.6) is 0 Å². The van der Waals surface area contributed by atoms with E-state index in [1.54, 1.807) is 14.1 Å². The molecule has 0 radical (unpaired) electrons. The summed E-state index contributed by atoms with van der Waals surface area (Å²) < 4.78 is -1.78. The minimum absolute atomic E-state index is 0.229. The number of nitrogens with zero attached hydrogens (tertiary/aromatic N) is 1. The van der Waals surface area contributed by atoms with Crippen molar-refractivity contribution >= 4 is 63.9 Å². The third kappa shape index (κ3) is 6.59. The third-order valence-electron chi connectivity index (χ3n) is 2.91. The molecule has 0 aliphatic carbocycles. The second-order valence-electron chi connectivity index (χ2n) is 5.24. The minimum Gasteiger partial charge on any atom is -0.339 e. The van der Waals surface area contributed by atoms with Gasteiger partial charge in [-0.15, -0.1) is 0 Å². The number of amides is 2. The number of nitrogens with one attached hydrogen (secondary N) is 3. The van der Waals surface area contributed by atoms with E-state index in [2.05, 4.69) is 16.0 Å². The van der Waals surface area contributed by atoms with Gasteiger partial charge in [0.1, 0.15) is 0 Å². The van der Waals surface area contributed by atoms with Crippen LogP contribution in [0.1, 0.15) is 11.1 Å². The Bertz CT molecular complexity index is 590. The number of hydrogen-bond donors (Lipinski definition) is 3. The van der Waals surface area contributed by atoms with Gasteiger partial charge in [0.15, 0.2) is 11.3 Å². The van der Waals surface area contributed by atoms with Crippen LogP contribution in [0.2, 0.25) is 0 Å². The number of anilines is 1. The zero-order valence-electron chi connectivity index (χ0n) is 13.2. The maximum atomic E-state index is 11.8. The van der Waals surface area contributed by atoms with E-state index in [1.165, 1.54) is 4.90 Å². The molecule has 5 nitrogen and oxygen atoms in total. The summed E-state index contributed by atoms with van der Waals surface area (Å²) >= 11 is 22.9. The summed E-state index contributed by atoms with van der Waals surface area (Å²) in [5.41, 5.74) is 3.00. The lowest BCUT2D eigenvalue weighted by Gasteiger charge is -2.29. The van der Waals surface area contributed by atoms with Crippen LogP contribution in [-0.4, -0.2) is 40.1 Å². The molecule has 0 spiro atoms. The highest BCUT2D eigenvalue weighted by Crippen LogP contribution is 2.29. The first-order valence-electron chi connectivity index (χ1n) is 6.70. The van der Waals surface area contributed by atoms with Crippen molar-refractivity contribution in [3.8, 4) is 0 Å². The molecule has 2 amide bonds. The van der Waals surface area contributed by atoms with E-state index in [0.29, 0.717) is 0 Å². The molecule has 23 heavy (non-hydrogen) atoms. The Morgan fingerprint density at radius 2 is 1.83 bits per heavy atom.